The van der Waals surface area contributed by atoms with Crippen LogP contribution >= 0.6 is 23.2 Å². The number of allylic oxidation sites excluding steroid dienone is 1. The minimum absolute atomic E-state index is 0.0129. The summed E-state index contributed by atoms with van der Waals surface area (Å²) >= 11 is 12.6. The summed E-state index contributed by atoms with van der Waals surface area (Å²) < 4.78 is 5.48. The molecule has 0 radical (unpaired) electrons. The van der Waals surface area contributed by atoms with Crippen LogP contribution < -0.4 is 15.0 Å². The first kappa shape index (κ1) is 17.5. The molecule has 0 unspecified atom stereocenters. The third kappa shape index (κ3) is 3.74. The van der Waals surface area contributed by atoms with Crippen molar-refractivity contribution in [3.05, 3.63) is 27.9 Å². The van der Waals surface area contributed by atoms with Gasteiger partial charge in [0.2, 0.25) is 0 Å². The predicted molar refractivity (Wildman–Crippen MR) is 94.9 cm³/mol. The quantitative estimate of drug-likeness (QED) is 0.664. The molecule has 23 heavy (non-hydrogen) atoms. The standard InChI is InChI=1S/C17H18Cl2N2O2/c1-4-6-7-21-14-8-12(11(3)17(19)20-5-2)13(18)9-15(14)23-10-16(21)22/h8-9,20H,5,7,10H2,1-3H3/b17-11+. The van der Waals surface area contributed by atoms with Crippen molar-refractivity contribution in [2.75, 3.05) is 24.6 Å². The monoisotopic (exact) mass is 352 g/mol. The summed E-state index contributed by atoms with van der Waals surface area (Å²) in [6, 6.07) is 3.53. The zero-order valence-corrected chi connectivity index (χ0v) is 14.8. The van der Waals surface area contributed by atoms with Crippen LogP contribution in [0.2, 0.25) is 5.02 Å². The molecule has 1 aromatic carbocycles. The van der Waals surface area contributed by atoms with Crippen LogP contribution in [0.25, 0.3) is 5.57 Å². The molecule has 1 aliphatic rings. The topological polar surface area (TPSA) is 41.6 Å². The Morgan fingerprint density at radius 3 is 2.87 bits per heavy atom. The second kappa shape index (κ2) is 7.63. The van der Waals surface area contributed by atoms with Crippen molar-refractivity contribution in [2.45, 2.75) is 20.8 Å². The lowest BCUT2D eigenvalue weighted by molar-refractivity contribution is -0.121. The van der Waals surface area contributed by atoms with E-state index in [9.17, 15) is 4.79 Å². The number of fused-ring (bicyclic) bond motifs is 1. The van der Waals surface area contributed by atoms with E-state index < -0.39 is 0 Å². The first-order chi connectivity index (χ1) is 11.0. The Morgan fingerprint density at radius 2 is 2.22 bits per heavy atom. The fourth-order valence-corrected chi connectivity index (χ4v) is 2.78. The van der Waals surface area contributed by atoms with Crippen molar-refractivity contribution in [3.8, 4) is 17.6 Å². The Kier molecular flexibility index (Phi) is 5.81. The Bertz CT molecular complexity index is 717. The Morgan fingerprint density at radius 1 is 1.48 bits per heavy atom. The summed E-state index contributed by atoms with van der Waals surface area (Å²) in [6.07, 6.45) is 0. The van der Waals surface area contributed by atoms with Gasteiger partial charge in [-0.3, -0.25) is 9.69 Å². The summed E-state index contributed by atoms with van der Waals surface area (Å²) in [6.45, 7) is 6.58. The molecule has 2 rings (SSSR count). The fraction of sp³-hybridized carbons (Fsp3) is 0.353. The second-order valence-electron chi connectivity index (χ2n) is 4.96. The van der Waals surface area contributed by atoms with Gasteiger partial charge in [0, 0.05) is 18.2 Å². The van der Waals surface area contributed by atoms with E-state index in [1.54, 1.807) is 17.9 Å². The largest absolute Gasteiger partial charge is 0.482 e. The number of hydrogen-bond donors (Lipinski definition) is 1. The summed E-state index contributed by atoms with van der Waals surface area (Å²) in [5.74, 6) is 6.15. The molecule has 0 bridgehead atoms. The molecule has 0 fully saturated rings. The Labute approximate surface area is 146 Å². The van der Waals surface area contributed by atoms with Gasteiger partial charge in [0.15, 0.2) is 6.61 Å². The number of nitrogens with zero attached hydrogens (tertiary/aromatic N) is 1. The number of nitrogens with one attached hydrogen (secondary N) is 1. The van der Waals surface area contributed by atoms with Crippen molar-refractivity contribution in [3.63, 3.8) is 0 Å². The molecule has 0 aromatic heterocycles. The van der Waals surface area contributed by atoms with E-state index in [1.807, 2.05) is 19.9 Å². The van der Waals surface area contributed by atoms with Crippen LogP contribution in [0.4, 0.5) is 5.69 Å². The molecule has 4 nitrogen and oxygen atoms in total. The second-order valence-corrected chi connectivity index (χ2v) is 5.75. The zero-order chi connectivity index (χ0) is 17.0. The number of carbonyl (C=O) groups excluding carboxylic acids is 1. The molecule has 0 aliphatic carbocycles. The van der Waals surface area contributed by atoms with Crippen LogP contribution in [0.3, 0.4) is 0 Å². The van der Waals surface area contributed by atoms with Crippen molar-refractivity contribution in [1.82, 2.24) is 5.32 Å². The van der Waals surface area contributed by atoms with Crippen LogP contribution in [-0.4, -0.2) is 25.6 Å². The molecule has 122 valence electrons. The fourth-order valence-electron chi connectivity index (χ4n) is 2.25. The highest BCUT2D eigenvalue weighted by Crippen LogP contribution is 2.39. The van der Waals surface area contributed by atoms with Gasteiger partial charge in [-0.05, 0) is 32.4 Å². The molecule has 0 spiro atoms. The lowest BCUT2D eigenvalue weighted by Gasteiger charge is -2.29. The molecule has 1 heterocycles. The van der Waals surface area contributed by atoms with Crippen molar-refractivity contribution >= 4 is 40.4 Å². The van der Waals surface area contributed by atoms with E-state index in [0.717, 1.165) is 11.1 Å². The van der Waals surface area contributed by atoms with Gasteiger partial charge in [-0.2, -0.15) is 0 Å². The van der Waals surface area contributed by atoms with Gasteiger partial charge in [0.05, 0.1) is 17.3 Å². The molecule has 0 saturated carbocycles. The Balaban J connectivity index is 2.52. The highest BCUT2D eigenvalue weighted by Gasteiger charge is 2.26. The first-order valence-corrected chi connectivity index (χ1v) is 8.02. The van der Waals surface area contributed by atoms with E-state index in [1.165, 1.54) is 0 Å². The van der Waals surface area contributed by atoms with Crippen molar-refractivity contribution in [2.24, 2.45) is 0 Å². The molecule has 0 saturated heterocycles. The van der Waals surface area contributed by atoms with Crippen LogP contribution in [0.5, 0.6) is 5.75 Å². The third-order valence-corrected chi connectivity index (χ3v) is 4.20. The Hall–Kier alpha value is -1.83. The number of halogens is 2. The van der Waals surface area contributed by atoms with Gasteiger partial charge in [0.25, 0.3) is 5.91 Å². The smallest absolute Gasteiger partial charge is 0.265 e. The number of amides is 1. The lowest BCUT2D eigenvalue weighted by Crippen LogP contribution is -2.39. The van der Waals surface area contributed by atoms with Crippen LogP contribution in [0, 0.1) is 11.8 Å². The molecule has 1 aliphatic heterocycles. The van der Waals surface area contributed by atoms with Crippen LogP contribution in [-0.2, 0) is 4.79 Å². The van der Waals surface area contributed by atoms with Gasteiger partial charge in [-0.15, -0.1) is 5.92 Å². The first-order valence-electron chi connectivity index (χ1n) is 7.26. The van der Waals surface area contributed by atoms with E-state index in [4.69, 9.17) is 27.9 Å². The number of carbonyl (C=O) groups is 1. The predicted octanol–water partition coefficient (Wildman–Crippen LogP) is 3.63. The average molecular weight is 353 g/mol. The number of hydrogen-bond acceptors (Lipinski definition) is 3. The molecule has 1 amide bonds. The normalized spacial score (nSPS) is 14.3. The summed E-state index contributed by atoms with van der Waals surface area (Å²) in [7, 11) is 0. The number of ether oxygens (including phenoxy) is 1. The van der Waals surface area contributed by atoms with E-state index in [0.29, 0.717) is 34.7 Å². The van der Waals surface area contributed by atoms with Gasteiger partial charge in [-0.25, -0.2) is 0 Å². The summed E-state index contributed by atoms with van der Waals surface area (Å²) in [4.78, 5) is 13.7. The van der Waals surface area contributed by atoms with Crippen LogP contribution in [0.15, 0.2) is 17.3 Å². The SMILES string of the molecule is CC#CCN1C(=O)COc2cc(Cl)c(/C(C)=C(\Cl)NCC)cc21. The minimum atomic E-state index is -0.132. The lowest BCUT2D eigenvalue weighted by atomic mass is 10.1. The van der Waals surface area contributed by atoms with Gasteiger partial charge in [-0.1, -0.05) is 29.1 Å². The molecule has 0 atom stereocenters. The zero-order valence-electron chi connectivity index (χ0n) is 13.3. The van der Waals surface area contributed by atoms with E-state index in [-0.39, 0.29) is 12.5 Å². The molecular weight excluding hydrogens is 335 g/mol. The summed E-state index contributed by atoms with van der Waals surface area (Å²) in [5.41, 5.74) is 2.22. The van der Waals surface area contributed by atoms with Gasteiger partial charge < -0.3 is 10.1 Å². The van der Waals surface area contributed by atoms with E-state index in [2.05, 4.69) is 17.2 Å². The van der Waals surface area contributed by atoms with Gasteiger partial charge in [0.1, 0.15) is 10.9 Å². The van der Waals surface area contributed by atoms with Crippen LogP contribution in [0.1, 0.15) is 26.3 Å². The maximum Gasteiger partial charge on any atom is 0.265 e. The maximum absolute atomic E-state index is 12.1. The minimum Gasteiger partial charge on any atom is -0.482 e. The van der Waals surface area contributed by atoms with E-state index >= 15 is 0 Å². The molecule has 6 heteroatoms. The number of benzene rings is 1. The average Bonchev–Trinajstić information content (AvgIpc) is 2.53. The number of anilines is 1. The maximum atomic E-state index is 12.1. The molecule has 1 aromatic rings. The molecular formula is C17H18Cl2N2O2. The van der Waals surface area contributed by atoms with Crippen molar-refractivity contribution in [1.29, 1.82) is 0 Å². The van der Waals surface area contributed by atoms with Gasteiger partial charge >= 0.3 is 0 Å². The summed E-state index contributed by atoms with van der Waals surface area (Å²) in [5, 5.41) is 4.10. The molecule has 1 N–H and O–H groups in total. The van der Waals surface area contributed by atoms with Crippen molar-refractivity contribution < 1.29 is 9.53 Å². The third-order valence-electron chi connectivity index (χ3n) is 3.47. The highest BCUT2D eigenvalue weighted by atomic mass is 35.5. The number of rotatable bonds is 4. The highest BCUT2D eigenvalue weighted by molar-refractivity contribution is 6.35.